The zero-order valence-corrected chi connectivity index (χ0v) is 12.7. The molecule has 0 bridgehead atoms. The number of hydrogen-bond acceptors (Lipinski definition) is 5. The molecule has 1 N–H and O–H groups in total. The highest BCUT2D eigenvalue weighted by Gasteiger charge is 2.37. The molecule has 1 atom stereocenters. The first-order chi connectivity index (χ1) is 10.2. The van der Waals surface area contributed by atoms with Gasteiger partial charge in [-0.2, -0.15) is 0 Å². The number of rotatable bonds is 3. The summed E-state index contributed by atoms with van der Waals surface area (Å²) < 4.78 is 5.15. The number of nitrogens with one attached hydrogen (secondary N) is 1. The van der Waals surface area contributed by atoms with Gasteiger partial charge in [0.05, 0.1) is 18.1 Å². The van der Waals surface area contributed by atoms with Gasteiger partial charge < -0.3 is 10.1 Å². The first-order valence-electron chi connectivity index (χ1n) is 7.15. The van der Waals surface area contributed by atoms with E-state index < -0.39 is 0 Å². The van der Waals surface area contributed by atoms with Gasteiger partial charge in [-0.15, -0.1) is 11.3 Å². The van der Waals surface area contributed by atoms with E-state index in [1.54, 1.807) is 24.5 Å². The summed E-state index contributed by atoms with van der Waals surface area (Å²) in [6.45, 7) is 2.11. The molecule has 5 heteroatoms. The maximum absolute atomic E-state index is 12.4. The number of hydrogen-bond donors (Lipinski definition) is 1. The number of dihydropyridines is 1. The van der Waals surface area contributed by atoms with Gasteiger partial charge in [0.15, 0.2) is 5.78 Å². The zero-order chi connectivity index (χ0) is 14.8. The van der Waals surface area contributed by atoms with Crippen LogP contribution in [0.3, 0.4) is 0 Å². The van der Waals surface area contributed by atoms with Crippen molar-refractivity contribution in [3.05, 3.63) is 45.4 Å². The predicted octanol–water partition coefficient (Wildman–Crippen LogP) is 2.89. The van der Waals surface area contributed by atoms with E-state index in [0.29, 0.717) is 18.6 Å². The average Bonchev–Trinajstić information content (AvgIpc) is 3.00. The molecule has 0 saturated carbocycles. The third-order valence-corrected chi connectivity index (χ3v) is 4.73. The molecule has 2 heterocycles. The molecule has 4 nitrogen and oxygen atoms in total. The van der Waals surface area contributed by atoms with E-state index in [1.807, 2.05) is 17.5 Å². The van der Waals surface area contributed by atoms with Crippen molar-refractivity contribution in [2.75, 3.05) is 6.61 Å². The minimum Gasteiger partial charge on any atom is -0.463 e. The van der Waals surface area contributed by atoms with Crippen molar-refractivity contribution in [2.45, 2.75) is 32.1 Å². The van der Waals surface area contributed by atoms with Gasteiger partial charge in [0.1, 0.15) is 0 Å². The van der Waals surface area contributed by atoms with Gasteiger partial charge in [-0.1, -0.05) is 6.07 Å². The van der Waals surface area contributed by atoms with E-state index in [0.717, 1.165) is 29.0 Å². The van der Waals surface area contributed by atoms with Crippen molar-refractivity contribution in [3.63, 3.8) is 0 Å². The van der Waals surface area contributed by atoms with Gasteiger partial charge in [0.2, 0.25) is 0 Å². The van der Waals surface area contributed by atoms with Gasteiger partial charge in [0.25, 0.3) is 0 Å². The summed E-state index contributed by atoms with van der Waals surface area (Å²) in [6.07, 6.45) is 3.98. The number of allylic oxidation sites excluding steroid dienone is 2. The van der Waals surface area contributed by atoms with Crippen molar-refractivity contribution in [1.29, 1.82) is 0 Å². The maximum atomic E-state index is 12.4. The molecular formula is C16H17NO3S. The fourth-order valence-electron chi connectivity index (χ4n) is 2.89. The summed E-state index contributed by atoms with van der Waals surface area (Å²) in [5.74, 6) is -0.501. The molecule has 0 fully saturated rings. The largest absolute Gasteiger partial charge is 0.463 e. The average molecular weight is 303 g/mol. The van der Waals surface area contributed by atoms with Crippen LogP contribution < -0.4 is 5.32 Å². The first kappa shape index (κ1) is 14.1. The Hall–Kier alpha value is -1.88. The smallest absolute Gasteiger partial charge is 0.336 e. The lowest BCUT2D eigenvalue weighted by Crippen LogP contribution is -2.31. The molecule has 1 aromatic heterocycles. The predicted molar refractivity (Wildman–Crippen MR) is 80.8 cm³/mol. The topological polar surface area (TPSA) is 55.4 Å². The van der Waals surface area contributed by atoms with Crippen molar-refractivity contribution >= 4 is 23.1 Å². The number of esters is 1. The molecule has 0 aromatic carbocycles. The molecule has 2 aliphatic rings. The lowest BCUT2D eigenvalue weighted by molar-refractivity contribution is -0.138. The van der Waals surface area contributed by atoms with Crippen LogP contribution in [-0.2, 0) is 14.3 Å². The maximum Gasteiger partial charge on any atom is 0.336 e. The fourth-order valence-corrected chi connectivity index (χ4v) is 3.75. The molecule has 110 valence electrons. The van der Waals surface area contributed by atoms with Gasteiger partial charge in [-0.3, -0.25) is 4.79 Å². The second-order valence-corrected chi connectivity index (χ2v) is 6.06. The summed E-state index contributed by atoms with van der Waals surface area (Å²) in [6, 6.07) is 3.92. The highest BCUT2D eigenvalue weighted by Crippen LogP contribution is 2.42. The number of ketones is 1. The van der Waals surface area contributed by atoms with Crippen LogP contribution in [0, 0.1) is 0 Å². The molecule has 0 spiro atoms. The number of carbonyl (C=O) groups excluding carboxylic acids is 2. The summed E-state index contributed by atoms with van der Waals surface area (Å²) in [7, 11) is 0. The van der Waals surface area contributed by atoms with E-state index in [9.17, 15) is 9.59 Å². The standard InChI is InChI=1S/C16H17NO3S/c1-2-20-16(19)10-9-17-11-5-3-6-12(18)15(11)14(10)13-7-4-8-21-13/h4,7-9,14,17H,2-3,5-6H2,1H3. The van der Waals surface area contributed by atoms with Crippen LogP contribution in [-0.4, -0.2) is 18.4 Å². The SMILES string of the molecule is CCOC(=O)C1=CNC2=C(C(=O)CCC2)C1c1cccs1. The summed E-state index contributed by atoms with van der Waals surface area (Å²) in [5.41, 5.74) is 2.22. The van der Waals surface area contributed by atoms with Crippen molar-refractivity contribution in [2.24, 2.45) is 0 Å². The Balaban J connectivity index is 2.05. The van der Waals surface area contributed by atoms with Gasteiger partial charge >= 0.3 is 5.97 Å². The number of ether oxygens (including phenoxy) is 1. The minimum atomic E-state index is -0.353. The Labute approximate surface area is 127 Å². The van der Waals surface area contributed by atoms with Crippen LogP contribution in [0.2, 0.25) is 0 Å². The van der Waals surface area contributed by atoms with E-state index in [4.69, 9.17) is 4.74 Å². The van der Waals surface area contributed by atoms with Gasteiger partial charge in [-0.25, -0.2) is 4.79 Å². The summed E-state index contributed by atoms with van der Waals surface area (Å²) in [4.78, 5) is 25.6. The van der Waals surface area contributed by atoms with Crippen LogP contribution in [0.4, 0.5) is 0 Å². The van der Waals surface area contributed by atoms with Crippen LogP contribution in [0.15, 0.2) is 40.6 Å². The summed E-state index contributed by atoms with van der Waals surface area (Å²) in [5, 5.41) is 5.10. The highest BCUT2D eigenvalue weighted by atomic mass is 32.1. The third kappa shape index (κ3) is 2.53. The summed E-state index contributed by atoms with van der Waals surface area (Å²) >= 11 is 1.56. The molecule has 21 heavy (non-hydrogen) atoms. The number of thiophene rings is 1. The number of Topliss-reactive ketones (excluding diaryl/α,β-unsaturated/α-hetero) is 1. The van der Waals surface area contributed by atoms with Crippen molar-refractivity contribution in [3.8, 4) is 0 Å². The van der Waals surface area contributed by atoms with Gasteiger partial charge in [-0.05, 0) is 31.2 Å². The van der Waals surface area contributed by atoms with Gasteiger partial charge in [0, 0.05) is 28.8 Å². The Morgan fingerprint density at radius 3 is 3.05 bits per heavy atom. The molecule has 0 saturated heterocycles. The molecule has 0 radical (unpaired) electrons. The van der Waals surface area contributed by atoms with Crippen LogP contribution >= 0.6 is 11.3 Å². The van der Waals surface area contributed by atoms with E-state index in [-0.39, 0.29) is 17.7 Å². The monoisotopic (exact) mass is 303 g/mol. The third-order valence-electron chi connectivity index (χ3n) is 3.80. The molecule has 3 rings (SSSR count). The zero-order valence-electron chi connectivity index (χ0n) is 11.8. The van der Waals surface area contributed by atoms with E-state index in [2.05, 4.69) is 5.32 Å². The number of carbonyl (C=O) groups is 2. The molecular weight excluding hydrogens is 286 g/mol. The molecule has 1 aliphatic carbocycles. The van der Waals surface area contributed by atoms with Crippen LogP contribution in [0.5, 0.6) is 0 Å². The van der Waals surface area contributed by atoms with Crippen molar-refractivity contribution in [1.82, 2.24) is 5.32 Å². The first-order valence-corrected chi connectivity index (χ1v) is 8.03. The Morgan fingerprint density at radius 1 is 1.48 bits per heavy atom. The van der Waals surface area contributed by atoms with Crippen molar-refractivity contribution < 1.29 is 14.3 Å². The lowest BCUT2D eigenvalue weighted by atomic mass is 9.79. The molecule has 1 unspecified atom stereocenters. The quantitative estimate of drug-likeness (QED) is 0.872. The van der Waals surface area contributed by atoms with Crippen LogP contribution in [0.25, 0.3) is 0 Å². The van der Waals surface area contributed by atoms with E-state index >= 15 is 0 Å². The highest BCUT2D eigenvalue weighted by molar-refractivity contribution is 7.10. The van der Waals surface area contributed by atoms with E-state index in [1.165, 1.54) is 0 Å². The Bertz CT molecular complexity index is 628. The fraction of sp³-hybridized carbons (Fsp3) is 0.375. The lowest BCUT2D eigenvalue weighted by Gasteiger charge is -2.30. The second kappa shape index (κ2) is 5.85. The Kier molecular flexibility index (Phi) is 3.92. The second-order valence-electron chi connectivity index (χ2n) is 5.08. The molecule has 0 amide bonds. The Morgan fingerprint density at radius 2 is 2.33 bits per heavy atom. The molecule has 1 aliphatic heterocycles. The normalized spacial score (nSPS) is 21.5. The molecule has 1 aromatic rings. The van der Waals surface area contributed by atoms with Crippen LogP contribution in [0.1, 0.15) is 37.0 Å². The minimum absolute atomic E-state index is 0.136.